The van der Waals surface area contributed by atoms with Crippen molar-refractivity contribution in [3.63, 3.8) is 0 Å². The number of rotatable bonds is 7. The number of hydrogen-bond donors (Lipinski definition) is 1. The normalized spacial score (nSPS) is 29.1. The number of carbonyl (C=O) groups excluding carboxylic acids is 3. The van der Waals surface area contributed by atoms with Gasteiger partial charge in [-0.3, -0.25) is 14.4 Å². The van der Waals surface area contributed by atoms with Gasteiger partial charge >= 0.3 is 0 Å². The molecule has 4 aliphatic heterocycles. The van der Waals surface area contributed by atoms with E-state index in [1.54, 1.807) is 26.5 Å². The third-order valence-electron chi connectivity index (χ3n) is 9.62. The molecule has 1 spiro atoms. The molecule has 3 amide bonds. The maximum Gasteiger partial charge on any atom is 0.251 e. The van der Waals surface area contributed by atoms with Crippen LogP contribution in [-0.2, 0) is 14.4 Å². The van der Waals surface area contributed by atoms with E-state index in [0.29, 0.717) is 26.1 Å². The van der Waals surface area contributed by atoms with Gasteiger partial charge in [0.2, 0.25) is 11.8 Å². The summed E-state index contributed by atoms with van der Waals surface area (Å²) in [4.78, 5) is 49.0. The van der Waals surface area contributed by atoms with Gasteiger partial charge in [-0.15, -0.1) is 11.8 Å². The number of nitrogens with zero attached hydrogens (tertiary/aromatic N) is 3. The summed E-state index contributed by atoms with van der Waals surface area (Å²) in [5.74, 6) is -1.21. The Bertz CT molecular complexity index is 1720. The van der Waals surface area contributed by atoms with Crippen molar-refractivity contribution < 1.29 is 24.2 Å². The first-order chi connectivity index (χ1) is 21.8. The molecule has 7 rings (SSSR count). The maximum absolute atomic E-state index is 14.7. The average Bonchev–Trinajstić information content (AvgIpc) is 3.30. The number of likely N-dealkylation sites (tertiary alicyclic amines) is 1. The highest BCUT2D eigenvalue weighted by Crippen LogP contribution is 2.65. The summed E-state index contributed by atoms with van der Waals surface area (Å²) in [5, 5.41) is 11.9. The lowest BCUT2D eigenvalue weighted by Crippen LogP contribution is -2.53. The topological polar surface area (TPSA) is 90.4 Å². The lowest BCUT2D eigenvalue weighted by atomic mass is 9.74. The van der Waals surface area contributed by atoms with Crippen LogP contribution in [0.15, 0.2) is 91.0 Å². The van der Waals surface area contributed by atoms with Gasteiger partial charge < -0.3 is 24.5 Å². The second-order valence-corrected chi connectivity index (χ2v) is 14.1. The summed E-state index contributed by atoms with van der Waals surface area (Å²) in [6.07, 6.45) is 8.44. The first-order valence-electron chi connectivity index (χ1n) is 15.6. The largest absolute Gasteiger partial charge is 0.494 e. The molecule has 232 valence electrons. The van der Waals surface area contributed by atoms with Gasteiger partial charge in [-0.1, -0.05) is 54.6 Å². The van der Waals surface area contributed by atoms with Crippen LogP contribution in [0.2, 0.25) is 0 Å². The number of benzene rings is 3. The lowest BCUT2D eigenvalue weighted by molar-refractivity contribution is -0.139. The van der Waals surface area contributed by atoms with E-state index in [9.17, 15) is 19.5 Å². The molecule has 0 aromatic heterocycles. The van der Waals surface area contributed by atoms with Crippen LogP contribution in [0.3, 0.4) is 0 Å². The Morgan fingerprint density at radius 1 is 0.844 bits per heavy atom. The molecule has 0 saturated carbocycles. The van der Waals surface area contributed by atoms with Gasteiger partial charge in [-0.25, -0.2) is 0 Å². The number of anilines is 2. The molecule has 1 unspecified atom stereocenters. The van der Waals surface area contributed by atoms with E-state index < -0.39 is 27.4 Å². The van der Waals surface area contributed by atoms with Gasteiger partial charge in [0.15, 0.2) is 0 Å². The number of thioether (sulfide) groups is 1. The number of hydrogen-bond acceptors (Lipinski definition) is 6. The number of aliphatic hydroxyl groups is 1. The minimum Gasteiger partial charge on any atom is -0.494 e. The SMILES string of the molecule is CCOc1ccc(N2CC=C[C@@]3(C)S[C@]45C=CCN(c6ccc7ccccc7c6)C(=O)C4N(CCCO)C(=O)[C@@H]5[C@H]3C2=O)cc1. The van der Waals surface area contributed by atoms with Crippen molar-refractivity contribution >= 4 is 51.6 Å². The second-order valence-electron chi connectivity index (χ2n) is 12.3. The van der Waals surface area contributed by atoms with Crippen molar-refractivity contribution in [2.75, 3.05) is 42.6 Å². The van der Waals surface area contributed by atoms with Crippen LogP contribution < -0.4 is 14.5 Å². The van der Waals surface area contributed by atoms with Crippen molar-refractivity contribution in [3.8, 4) is 5.75 Å². The number of carbonyl (C=O) groups is 3. The van der Waals surface area contributed by atoms with Crippen molar-refractivity contribution in [3.05, 3.63) is 91.0 Å². The molecular formula is C36H37N3O5S. The van der Waals surface area contributed by atoms with Crippen molar-refractivity contribution in [2.45, 2.75) is 35.8 Å². The fourth-order valence-corrected chi connectivity index (χ4v) is 9.86. The molecule has 0 aliphatic carbocycles. The van der Waals surface area contributed by atoms with Crippen LogP contribution in [0.25, 0.3) is 10.8 Å². The number of amides is 3. The third-order valence-corrected chi connectivity index (χ3v) is 11.4. The van der Waals surface area contributed by atoms with Crippen LogP contribution in [0.1, 0.15) is 20.3 Å². The molecule has 0 bridgehead atoms. The molecule has 5 atom stereocenters. The maximum atomic E-state index is 14.7. The van der Waals surface area contributed by atoms with E-state index in [2.05, 4.69) is 6.08 Å². The Balaban J connectivity index is 1.30. The second kappa shape index (κ2) is 11.4. The van der Waals surface area contributed by atoms with E-state index in [-0.39, 0.29) is 30.9 Å². The minimum atomic E-state index is -0.948. The van der Waals surface area contributed by atoms with Crippen LogP contribution in [0, 0.1) is 11.8 Å². The molecule has 8 nitrogen and oxygen atoms in total. The number of fused-ring (bicyclic) bond motifs is 3. The zero-order valence-electron chi connectivity index (χ0n) is 25.5. The van der Waals surface area contributed by atoms with Gasteiger partial charge in [0.1, 0.15) is 11.8 Å². The summed E-state index contributed by atoms with van der Waals surface area (Å²) < 4.78 is 3.95. The molecule has 1 N–H and O–H groups in total. The van der Waals surface area contributed by atoms with Crippen LogP contribution >= 0.6 is 11.8 Å². The average molecular weight is 624 g/mol. The predicted molar refractivity (Wildman–Crippen MR) is 177 cm³/mol. The highest BCUT2D eigenvalue weighted by atomic mass is 32.2. The first kappa shape index (κ1) is 29.6. The Morgan fingerprint density at radius 3 is 2.27 bits per heavy atom. The highest BCUT2D eigenvalue weighted by molar-refractivity contribution is 8.02. The van der Waals surface area contributed by atoms with Gasteiger partial charge in [0, 0.05) is 42.4 Å². The zero-order chi connectivity index (χ0) is 31.3. The fraction of sp³-hybridized carbons (Fsp3) is 0.361. The standard InChI is InChI=1S/C36H37N3O5S/c1-3-44-28-15-13-26(14-16-28)37-19-6-17-35(2)29(32(37)41)30-33(42)39(21-8-22-40)31-34(43)38(20-7-18-36(30,31)45-35)27-12-11-24-9-4-5-10-25(24)23-27/h4-7,9-18,23,29-31,40H,3,8,19-22H2,1-2H3/t29-,30-,31?,35+,36-/m0/s1. The van der Waals surface area contributed by atoms with E-state index in [0.717, 1.165) is 27.9 Å². The summed E-state index contributed by atoms with van der Waals surface area (Å²) in [7, 11) is 0. The van der Waals surface area contributed by atoms with E-state index >= 15 is 0 Å². The number of aliphatic hydroxyl groups excluding tert-OH is 1. The van der Waals surface area contributed by atoms with Crippen LogP contribution in [-0.4, -0.2) is 76.1 Å². The van der Waals surface area contributed by atoms with Crippen molar-refractivity contribution in [2.24, 2.45) is 11.8 Å². The Labute approximate surface area is 267 Å². The van der Waals surface area contributed by atoms with E-state index in [4.69, 9.17) is 4.74 Å². The molecule has 4 aliphatic rings. The molecule has 0 radical (unpaired) electrons. The van der Waals surface area contributed by atoms with Crippen LogP contribution in [0.5, 0.6) is 5.75 Å². The monoisotopic (exact) mass is 623 g/mol. The summed E-state index contributed by atoms with van der Waals surface area (Å²) in [5.41, 5.74) is 1.50. The van der Waals surface area contributed by atoms with E-state index in [1.165, 1.54) is 0 Å². The van der Waals surface area contributed by atoms with Gasteiger partial charge in [-0.05, 0) is 67.4 Å². The van der Waals surface area contributed by atoms with Gasteiger partial charge in [0.25, 0.3) is 5.91 Å². The van der Waals surface area contributed by atoms with Crippen molar-refractivity contribution in [1.82, 2.24) is 4.90 Å². The Hall–Kier alpha value is -4.08. The Morgan fingerprint density at radius 2 is 1.53 bits per heavy atom. The number of ether oxygens (including phenoxy) is 1. The molecule has 2 fully saturated rings. The molecule has 4 heterocycles. The Kier molecular flexibility index (Phi) is 7.49. The van der Waals surface area contributed by atoms with Gasteiger partial charge in [-0.2, -0.15) is 0 Å². The molecular weight excluding hydrogens is 586 g/mol. The van der Waals surface area contributed by atoms with E-state index in [1.807, 2.05) is 98.8 Å². The van der Waals surface area contributed by atoms with Crippen LogP contribution in [0.4, 0.5) is 11.4 Å². The third kappa shape index (κ3) is 4.67. The van der Waals surface area contributed by atoms with Gasteiger partial charge in [0.05, 0.1) is 23.2 Å². The molecule has 3 aromatic rings. The molecule has 9 heteroatoms. The molecule has 3 aromatic carbocycles. The fourth-order valence-electron chi connectivity index (χ4n) is 7.70. The summed E-state index contributed by atoms with van der Waals surface area (Å²) in [6.45, 7) is 5.37. The zero-order valence-corrected chi connectivity index (χ0v) is 26.3. The predicted octanol–water partition coefficient (Wildman–Crippen LogP) is 4.81. The minimum absolute atomic E-state index is 0.103. The summed E-state index contributed by atoms with van der Waals surface area (Å²) >= 11 is 1.57. The lowest BCUT2D eigenvalue weighted by Gasteiger charge is -2.36. The molecule has 45 heavy (non-hydrogen) atoms. The quantitative estimate of drug-likeness (QED) is 0.380. The first-order valence-corrected chi connectivity index (χ1v) is 16.4. The molecule has 2 saturated heterocycles. The highest BCUT2D eigenvalue weighted by Gasteiger charge is 2.74. The smallest absolute Gasteiger partial charge is 0.251 e. The van der Waals surface area contributed by atoms with Crippen molar-refractivity contribution in [1.29, 1.82) is 0 Å². The summed E-state index contributed by atoms with van der Waals surface area (Å²) in [6, 6.07) is 20.6.